The molecule has 0 radical (unpaired) electrons. The lowest BCUT2D eigenvalue weighted by atomic mass is 9.47. The molecule has 4 rings (SSSR count). The molecule has 0 aromatic rings. The summed E-state index contributed by atoms with van der Waals surface area (Å²) in [4.78, 5) is 12.4. The summed E-state index contributed by atoms with van der Waals surface area (Å²) in [6.07, 6.45) is 7.65. The van der Waals surface area contributed by atoms with Gasteiger partial charge in [0, 0.05) is 11.8 Å². The van der Waals surface area contributed by atoms with Crippen molar-refractivity contribution in [3.63, 3.8) is 0 Å². The summed E-state index contributed by atoms with van der Waals surface area (Å²) in [5.74, 6) is 1.46. The zero-order valence-corrected chi connectivity index (χ0v) is 13.7. The lowest BCUT2D eigenvalue weighted by Gasteiger charge is -2.58. The van der Waals surface area contributed by atoms with E-state index in [4.69, 9.17) is 0 Å². The molecule has 122 valence electrons. The summed E-state index contributed by atoms with van der Waals surface area (Å²) in [5, 5.41) is 20.8. The minimum absolute atomic E-state index is 0.121. The van der Waals surface area contributed by atoms with Gasteiger partial charge in [-0.1, -0.05) is 25.5 Å². The Kier molecular flexibility index (Phi) is 3.16. The molecule has 4 aliphatic rings. The van der Waals surface area contributed by atoms with Crippen LogP contribution in [0.2, 0.25) is 0 Å². The van der Waals surface area contributed by atoms with Crippen molar-refractivity contribution in [3.8, 4) is 0 Å². The van der Waals surface area contributed by atoms with Gasteiger partial charge in [0.15, 0.2) is 0 Å². The molecule has 0 aromatic carbocycles. The largest absolute Gasteiger partial charge is 0.393 e. The Hall–Kier alpha value is -0.670. The van der Waals surface area contributed by atoms with E-state index in [9.17, 15) is 15.0 Å². The third-order valence-corrected chi connectivity index (χ3v) is 7.81. The summed E-state index contributed by atoms with van der Waals surface area (Å²) in [6.45, 7) is 4.48. The highest BCUT2D eigenvalue weighted by Crippen LogP contribution is 2.63. The van der Waals surface area contributed by atoms with Gasteiger partial charge in [0.1, 0.15) is 5.78 Å². The molecular formula is C19H28O3. The molecule has 0 aliphatic heterocycles. The van der Waals surface area contributed by atoms with E-state index in [-0.39, 0.29) is 22.9 Å². The molecule has 3 heteroatoms. The van der Waals surface area contributed by atoms with Crippen molar-refractivity contribution in [1.29, 1.82) is 0 Å². The Morgan fingerprint density at radius 3 is 2.50 bits per heavy atom. The molecule has 0 spiro atoms. The second kappa shape index (κ2) is 4.67. The molecule has 7 atom stereocenters. The number of Topliss-reactive ketones (excluding diaryl/α,β-unsaturated/α-hetero) is 1. The number of fused-ring (bicyclic) bond motifs is 5. The lowest BCUT2D eigenvalue weighted by molar-refractivity contribution is -0.135. The molecule has 2 N–H and O–H groups in total. The van der Waals surface area contributed by atoms with Crippen LogP contribution in [0, 0.1) is 28.6 Å². The molecule has 4 aliphatic carbocycles. The fourth-order valence-electron chi connectivity index (χ4n) is 6.40. The van der Waals surface area contributed by atoms with Crippen LogP contribution in [0.1, 0.15) is 58.8 Å². The minimum Gasteiger partial charge on any atom is -0.393 e. The highest BCUT2D eigenvalue weighted by Gasteiger charge is 2.60. The number of rotatable bonds is 0. The first kappa shape index (κ1) is 14.9. The molecule has 4 unspecified atom stereocenters. The molecule has 3 saturated carbocycles. The van der Waals surface area contributed by atoms with Crippen molar-refractivity contribution in [2.45, 2.75) is 71.0 Å². The number of carbonyl (C=O) groups is 1. The normalized spacial score (nSPS) is 54.3. The maximum atomic E-state index is 12.4. The van der Waals surface area contributed by atoms with Gasteiger partial charge in [-0.25, -0.2) is 0 Å². The zero-order valence-electron chi connectivity index (χ0n) is 13.7. The first-order valence-electron chi connectivity index (χ1n) is 8.97. The number of aliphatic hydroxyl groups is 2. The van der Waals surface area contributed by atoms with Gasteiger partial charge in [0.25, 0.3) is 0 Å². The summed E-state index contributed by atoms with van der Waals surface area (Å²) in [5.41, 5.74) is 1.20. The lowest BCUT2D eigenvalue weighted by Crippen LogP contribution is -2.54. The third kappa shape index (κ3) is 1.78. The molecule has 3 fully saturated rings. The van der Waals surface area contributed by atoms with Crippen LogP contribution >= 0.6 is 0 Å². The second-order valence-electron chi connectivity index (χ2n) is 8.70. The Bertz CT molecular complexity index is 539. The van der Waals surface area contributed by atoms with Crippen molar-refractivity contribution in [1.82, 2.24) is 0 Å². The highest BCUT2D eigenvalue weighted by molar-refractivity contribution is 5.87. The average Bonchev–Trinajstić information content (AvgIpc) is 2.77. The summed E-state index contributed by atoms with van der Waals surface area (Å²) in [6, 6.07) is 0. The van der Waals surface area contributed by atoms with Crippen molar-refractivity contribution in [2.75, 3.05) is 0 Å². The number of aliphatic hydroxyl groups excluding tert-OH is 2. The first-order valence-corrected chi connectivity index (χ1v) is 8.97. The average molecular weight is 304 g/mol. The van der Waals surface area contributed by atoms with Gasteiger partial charge in [-0.3, -0.25) is 4.79 Å². The Morgan fingerprint density at radius 2 is 1.73 bits per heavy atom. The molecule has 3 nitrogen and oxygen atoms in total. The monoisotopic (exact) mass is 304 g/mol. The van der Waals surface area contributed by atoms with Crippen LogP contribution in [0.15, 0.2) is 11.6 Å². The van der Waals surface area contributed by atoms with E-state index in [2.05, 4.69) is 13.8 Å². The van der Waals surface area contributed by atoms with Gasteiger partial charge >= 0.3 is 0 Å². The molecule has 22 heavy (non-hydrogen) atoms. The predicted octanol–water partition coefficient (Wildman–Crippen LogP) is 2.85. The predicted molar refractivity (Wildman–Crippen MR) is 84.1 cm³/mol. The van der Waals surface area contributed by atoms with Gasteiger partial charge in [-0.2, -0.15) is 0 Å². The topological polar surface area (TPSA) is 57.5 Å². The van der Waals surface area contributed by atoms with Crippen LogP contribution in [-0.4, -0.2) is 28.2 Å². The van der Waals surface area contributed by atoms with Crippen LogP contribution < -0.4 is 0 Å². The fraction of sp³-hybridized carbons (Fsp3) is 0.842. The van der Waals surface area contributed by atoms with Gasteiger partial charge in [-0.05, 0) is 61.7 Å². The quantitative estimate of drug-likeness (QED) is 0.677. The van der Waals surface area contributed by atoms with Crippen LogP contribution in [0.4, 0.5) is 0 Å². The molecule has 0 bridgehead atoms. The maximum absolute atomic E-state index is 12.4. The van der Waals surface area contributed by atoms with Gasteiger partial charge in [-0.15, -0.1) is 0 Å². The molecule has 0 amide bonds. The molecule has 0 aromatic heterocycles. The number of carbonyl (C=O) groups excluding carboxylic acids is 1. The minimum atomic E-state index is -0.436. The van der Waals surface area contributed by atoms with Crippen LogP contribution in [0.5, 0.6) is 0 Å². The van der Waals surface area contributed by atoms with E-state index >= 15 is 0 Å². The van der Waals surface area contributed by atoms with Crippen molar-refractivity contribution in [3.05, 3.63) is 11.6 Å². The summed E-state index contributed by atoms with van der Waals surface area (Å²) < 4.78 is 0. The number of ketones is 1. The van der Waals surface area contributed by atoms with Crippen LogP contribution in [0.25, 0.3) is 0 Å². The molecule has 0 heterocycles. The SMILES string of the molecule is CC12CCC3C(C1CCC2=O)[C@@H](O)C=C1C[C@@H](O)CC[C@@]13C. The van der Waals surface area contributed by atoms with Crippen LogP contribution in [-0.2, 0) is 4.79 Å². The van der Waals surface area contributed by atoms with E-state index in [1.54, 1.807) is 0 Å². The van der Waals surface area contributed by atoms with E-state index in [0.717, 1.165) is 38.5 Å². The maximum Gasteiger partial charge on any atom is 0.139 e. The van der Waals surface area contributed by atoms with Crippen molar-refractivity contribution >= 4 is 5.78 Å². The molecule has 0 saturated heterocycles. The van der Waals surface area contributed by atoms with E-state index in [1.807, 2.05) is 6.08 Å². The van der Waals surface area contributed by atoms with Gasteiger partial charge in [0.2, 0.25) is 0 Å². The van der Waals surface area contributed by atoms with Gasteiger partial charge < -0.3 is 10.2 Å². The highest BCUT2D eigenvalue weighted by atomic mass is 16.3. The third-order valence-electron chi connectivity index (χ3n) is 7.81. The summed E-state index contributed by atoms with van der Waals surface area (Å²) in [7, 11) is 0. The van der Waals surface area contributed by atoms with Crippen molar-refractivity contribution < 1.29 is 15.0 Å². The smallest absolute Gasteiger partial charge is 0.139 e. The number of hydrogen-bond acceptors (Lipinski definition) is 3. The second-order valence-corrected chi connectivity index (χ2v) is 8.70. The Labute approximate surface area is 132 Å². The summed E-state index contributed by atoms with van der Waals surface area (Å²) >= 11 is 0. The van der Waals surface area contributed by atoms with Crippen LogP contribution in [0.3, 0.4) is 0 Å². The van der Waals surface area contributed by atoms with E-state index in [1.165, 1.54) is 5.57 Å². The molecular weight excluding hydrogens is 276 g/mol. The van der Waals surface area contributed by atoms with Gasteiger partial charge in [0.05, 0.1) is 12.2 Å². The zero-order chi connectivity index (χ0) is 15.7. The number of hydrogen-bond donors (Lipinski definition) is 2. The Balaban J connectivity index is 1.75. The fourth-order valence-corrected chi connectivity index (χ4v) is 6.40. The Morgan fingerprint density at radius 1 is 1.05 bits per heavy atom. The first-order chi connectivity index (χ1) is 10.4. The van der Waals surface area contributed by atoms with E-state index in [0.29, 0.717) is 24.0 Å². The standard InChI is InChI=1S/C19H28O3/c1-18-7-5-12(20)9-11(18)10-15(21)17-13-3-4-16(22)19(13,2)8-6-14(17)18/h10,12-15,17,20-21H,3-9H2,1-2H3/t12-,13?,14?,15-,17?,18-,19?/m0/s1. The van der Waals surface area contributed by atoms with E-state index < -0.39 is 6.10 Å². The van der Waals surface area contributed by atoms with Crippen molar-refractivity contribution in [2.24, 2.45) is 28.6 Å².